The van der Waals surface area contributed by atoms with Gasteiger partial charge in [0.1, 0.15) is 5.69 Å². The summed E-state index contributed by atoms with van der Waals surface area (Å²) in [4.78, 5) is 22.7. The first-order chi connectivity index (χ1) is 9.54. The first kappa shape index (κ1) is 14.3. The number of benzene rings is 1. The Labute approximate surface area is 116 Å². The summed E-state index contributed by atoms with van der Waals surface area (Å²) in [5, 5.41) is 16.6. The van der Waals surface area contributed by atoms with Crippen LogP contribution in [0, 0.1) is 10.1 Å². The molecule has 0 aliphatic carbocycles. The van der Waals surface area contributed by atoms with Crippen molar-refractivity contribution in [2.75, 3.05) is 19.0 Å². The number of anilines is 1. The van der Waals surface area contributed by atoms with Gasteiger partial charge in [0, 0.05) is 19.7 Å². The molecule has 0 saturated carbocycles. The monoisotopic (exact) mass is 279 g/mol. The fourth-order valence-electron chi connectivity index (χ4n) is 2.31. The normalized spacial score (nSPS) is 21.5. The van der Waals surface area contributed by atoms with Crippen molar-refractivity contribution < 1.29 is 14.5 Å². The van der Waals surface area contributed by atoms with E-state index in [4.69, 9.17) is 4.74 Å². The molecule has 2 rings (SSSR count). The second-order valence-electron chi connectivity index (χ2n) is 4.65. The Morgan fingerprint density at radius 1 is 1.50 bits per heavy atom. The number of amides is 1. The zero-order valence-electron chi connectivity index (χ0n) is 11.4. The number of nitrogens with one attached hydrogen (secondary N) is 2. The Hall–Kier alpha value is -2.15. The van der Waals surface area contributed by atoms with E-state index < -0.39 is 4.92 Å². The van der Waals surface area contributed by atoms with E-state index in [1.807, 2.05) is 6.92 Å². The van der Waals surface area contributed by atoms with E-state index >= 15 is 0 Å². The maximum Gasteiger partial charge on any atom is 0.293 e. The molecule has 7 nitrogen and oxygen atoms in total. The zero-order valence-corrected chi connectivity index (χ0v) is 11.4. The van der Waals surface area contributed by atoms with Crippen molar-refractivity contribution in [1.29, 1.82) is 0 Å². The lowest BCUT2D eigenvalue weighted by molar-refractivity contribution is -0.384. The summed E-state index contributed by atoms with van der Waals surface area (Å²) < 4.78 is 5.38. The minimum absolute atomic E-state index is 0.0457. The summed E-state index contributed by atoms with van der Waals surface area (Å²) in [7, 11) is 1.56. The molecular formula is C13H17N3O4. The number of nitro groups is 1. The van der Waals surface area contributed by atoms with Crippen LogP contribution in [0.3, 0.4) is 0 Å². The average molecular weight is 279 g/mol. The van der Waals surface area contributed by atoms with Gasteiger partial charge in [0.2, 0.25) is 0 Å². The molecule has 1 aromatic rings. The molecule has 1 aliphatic rings. The van der Waals surface area contributed by atoms with Crippen molar-refractivity contribution >= 4 is 17.3 Å². The molecule has 7 heteroatoms. The van der Waals surface area contributed by atoms with E-state index in [1.165, 1.54) is 12.1 Å². The molecule has 2 N–H and O–H groups in total. The van der Waals surface area contributed by atoms with Crippen molar-refractivity contribution in [2.24, 2.45) is 0 Å². The molecule has 1 saturated heterocycles. The molecule has 20 heavy (non-hydrogen) atoms. The summed E-state index contributed by atoms with van der Waals surface area (Å²) >= 11 is 0. The molecule has 0 spiro atoms. The molecular weight excluding hydrogens is 262 g/mol. The standard InChI is InChI=1S/C13H17N3O4/c1-8-10(6-7-20-8)15-13(17)9-4-3-5-11(16(18)19)12(9)14-2/h3-5,8,10,14H,6-7H2,1-2H3,(H,15,17). The molecule has 0 radical (unpaired) electrons. The van der Waals surface area contributed by atoms with Gasteiger partial charge in [-0.1, -0.05) is 6.07 Å². The summed E-state index contributed by atoms with van der Waals surface area (Å²) in [6.07, 6.45) is 0.701. The maximum absolute atomic E-state index is 12.3. The van der Waals surface area contributed by atoms with Gasteiger partial charge < -0.3 is 15.4 Å². The number of carbonyl (C=O) groups is 1. The van der Waals surface area contributed by atoms with Crippen LogP contribution >= 0.6 is 0 Å². The molecule has 0 bridgehead atoms. The minimum atomic E-state index is -0.510. The third-order valence-corrected chi connectivity index (χ3v) is 3.43. The van der Waals surface area contributed by atoms with E-state index in [9.17, 15) is 14.9 Å². The number of nitrogens with zero attached hydrogens (tertiary/aromatic N) is 1. The van der Waals surface area contributed by atoms with Crippen molar-refractivity contribution in [3.05, 3.63) is 33.9 Å². The van der Waals surface area contributed by atoms with Crippen molar-refractivity contribution in [2.45, 2.75) is 25.5 Å². The fraction of sp³-hybridized carbons (Fsp3) is 0.462. The molecule has 1 fully saturated rings. The summed E-state index contributed by atoms with van der Waals surface area (Å²) in [6, 6.07) is 4.37. The average Bonchev–Trinajstić information content (AvgIpc) is 2.83. The van der Waals surface area contributed by atoms with E-state index in [2.05, 4.69) is 10.6 Å². The lowest BCUT2D eigenvalue weighted by Crippen LogP contribution is -2.39. The SMILES string of the molecule is CNc1c(C(=O)NC2CCOC2C)cccc1[N+](=O)[O-]. The lowest BCUT2D eigenvalue weighted by Gasteiger charge is -2.17. The Kier molecular flexibility index (Phi) is 4.19. The number of hydrogen-bond donors (Lipinski definition) is 2. The van der Waals surface area contributed by atoms with Crippen molar-refractivity contribution in [3.63, 3.8) is 0 Å². The molecule has 108 valence electrons. The predicted molar refractivity (Wildman–Crippen MR) is 73.9 cm³/mol. The number of rotatable bonds is 4. The molecule has 1 aliphatic heterocycles. The van der Waals surface area contributed by atoms with Gasteiger partial charge in [0.05, 0.1) is 22.6 Å². The van der Waals surface area contributed by atoms with Crippen LogP contribution in [0.2, 0.25) is 0 Å². The van der Waals surface area contributed by atoms with Crippen LogP contribution in [0.25, 0.3) is 0 Å². The largest absolute Gasteiger partial charge is 0.382 e. The van der Waals surface area contributed by atoms with Gasteiger partial charge in [0.25, 0.3) is 11.6 Å². The lowest BCUT2D eigenvalue weighted by atomic mass is 10.1. The third kappa shape index (κ3) is 2.72. The van der Waals surface area contributed by atoms with E-state index in [1.54, 1.807) is 13.1 Å². The van der Waals surface area contributed by atoms with Gasteiger partial charge in [-0.15, -0.1) is 0 Å². The highest BCUT2D eigenvalue weighted by Crippen LogP contribution is 2.28. The quantitative estimate of drug-likeness (QED) is 0.644. The highest BCUT2D eigenvalue weighted by atomic mass is 16.6. The van der Waals surface area contributed by atoms with E-state index in [0.29, 0.717) is 6.61 Å². The molecule has 0 aromatic heterocycles. The maximum atomic E-state index is 12.3. The second-order valence-corrected chi connectivity index (χ2v) is 4.65. The highest BCUT2D eigenvalue weighted by Gasteiger charge is 2.28. The molecule has 2 atom stereocenters. The Morgan fingerprint density at radius 3 is 2.80 bits per heavy atom. The van der Waals surface area contributed by atoms with Crippen LogP contribution < -0.4 is 10.6 Å². The number of ether oxygens (including phenoxy) is 1. The minimum Gasteiger partial charge on any atom is -0.382 e. The van der Waals surface area contributed by atoms with Crippen LogP contribution in [0.4, 0.5) is 11.4 Å². The van der Waals surface area contributed by atoms with Gasteiger partial charge in [0.15, 0.2) is 0 Å². The van der Waals surface area contributed by atoms with Gasteiger partial charge >= 0.3 is 0 Å². The number of carbonyl (C=O) groups excluding carboxylic acids is 1. The second kappa shape index (κ2) is 5.87. The van der Waals surface area contributed by atoms with Crippen LogP contribution in [-0.2, 0) is 4.74 Å². The Bertz CT molecular complexity index is 532. The van der Waals surface area contributed by atoms with Crippen molar-refractivity contribution in [1.82, 2.24) is 5.32 Å². The van der Waals surface area contributed by atoms with Crippen LogP contribution in [0.15, 0.2) is 18.2 Å². The highest BCUT2D eigenvalue weighted by molar-refractivity contribution is 6.01. The topological polar surface area (TPSA) is 93.5 Å². The molecule has 1 heterocycles. The Morgan fingerprint density at radius 2 is 2.25 bits per heavy atom. The number of hydrogen-bond acceptors (Lipinski definition) is 5. The van der Waals surface area contributed by atoms with Gasteiger partial charge in [-0.3, -0.25) is 14.9 Å². The van der Waals surface area contributed by atoms with Gasteiger partial charge in [-0.2, -0.15) is 0 Å². The van der Waals surface area contributed by atoms with E-state index in [-0.39, 0.29) is 35.0 Å². The van der Waals surface area contributed by atoms with Crippen LogP contribution in [0.1, 0.15) is 23.7 Å². The summed E-state index contributed by atoms with van der Waals surface area (Å²) in [6.45, 7) is 2.50. The van der Waals surface area contributed by atoms with Gasteiger partial charge in [-0.05, 0) is 19.4 Å². The number of nitro benzene ring substituents is 1. The molecule has 1 amide bonds. The summed E-state index contributed by atoms with van der Waals surface area (Å²) in [5.41, 5.74) is 0.373. The predicted octanol–water partition coefficient (Wildman–Crippen LogP) is 1.54. The Balaban J connectivity index is 2.25. The van der Waals surface area contributed by atoms with E-state index in [0.717, 1.165) is 6.42 Å². The third-order valence-electron chi connectivity index (χ3n) is 3.43. The number of para-hydroxylation sites is 1. The van der Waals surface area contributed by atoms with Crippen molar-refractivity contribution in [3.8, 4) is 0 Å². The van der Waals surface area contributed by atoms with Crippen LogP contribution in [-0.4, -0.2) is 36.6 Å². The first-order valence-electron chi connectivity index (χ1n) is 6.42. The summed E-state index contributed by atoms with van der Waals surface area (Å²) in [5.74, 6) is -0.333. The van der Waals surface area contributed by atoms with Crippen LogP contribution in [0.5, 0.6) is 0 Å². The zero-order chi connectivity index (χ0) is 14.7. The smallest absolute Gasteiger partial charge is 0.293 e. The molecule has 1 aromatic carbocycles. The fourth-order valence-corrected chi connectivity index (χ4v) is 2.31. The van der Waals surface area contributed by atoms with Gasteiger partial charge in [-0.25, -0.2) is 0 Å². The first-order valence-corrected chi connectivity index (χ1v) is 6.42. The molecule has 2 unspecified atom stereocenters.